The lowest BCUT2D eigenvalue weighted by atomic mass is 9.96. The number of hydrogen-bond acceptors (Lipinski definition) is 18. The molecule has 3 saturated heterocycles. The van der Waals surface area contributed by atoms with Gasteiger partial charge in [0, 0.05) is 6.42 Å². The highest BCUT2D eigenvalue weighted by Crippen LogP contribution is 2.33. The van der Waals surface area contributed by atoms with Crippen molar-refractivity contribution in [1.29, 1.82) is 0 Å². The Bertz CT molecular complexity index is 1520. The van der Waals surface area contributed by atoms with Crippen LogP contribution in [0, 0.1) is 0 Å². The first-order valence-electron chi connectivity index (χ1n) is 33.8. The van der Waals surface area contributed by atoms with Gasteiger partial charge < -0.3 is 89.9 Å². The smallest absolute Gasteiger partial charge is 0.220 e. The van der Waals surface area contributed by atoms with Crippen LogP contribution >= 0.6 is 0 Å². The van der Waals surface area contributed by atoms with Crippen LogP contribution in [-0.2, 0) is 33.2 Å². The van der Waals surface area contributed by atoms with Gasteiger partial charge in [0.1, 0.15) is 73.2 Å². The van der Waals surface area contributed by atoms with Crippen molar-refractivity contribution in [2.24, 2.45) is 0 Å². The highest BCUT2D eigenvalue weighted by Gasteiger charge is 2.53. The van der Waals surface area contributed by atoms with Crippen molar-refractivity contribution < 1.29 is 89.4 Å². The van der Waals surface area contributed by atoms with Gasteiger partial charge in [0.15, 0.2) is 18.9 Å². The monoisotopic (exact) mass is 1190 g/mol. The molecule has 3 fully saturated rings. The number of amides is 1. The Morgan fingerprint density at radius 2 is 0.687 bits per heavy atom. The summed E-state index contributed by atoms with van der Waals surface area (Å²) >= 11 is 0. The van der Waals surface area contributed by atoms with E-state index in [1.165, 1.54) is 193 Å². The predicted octanol–water partition coefficient (Wildman–Crippen LogP) is 7.94. The highest BCUT2D eigenvalue weighted by atomic mass is 16.8. The molecule has 3 aliphatic rings. The van der Waals surface area contributed by atoms with Crippen LogP contribution in [0.1, 0.15) is 271 Å². The molecule has 12 N–H and O–H groups in total. The van der Waals surface area contributed by atoms with Gasteiger partial charge in [0.2, 0.25) is 5.91 Å². The van der Waals surface area contributed by atoms with Crippen LogP contribution in [0.4, 0.5) is 0 Å². The number of nitrogens with one attached hydrogen (secondary N) is 1. The molecule has 492 valence electrons. The number of ether oxygens (including phenoxy) is 6. The molecule has 1 amide bonds. The number of hydrogen-bond donors (Lipinski definition) is 12. The molecule has 0 aromatic rings. The van der Waals surface area contributed by atoms with Gasteiger partial charge in [-0.2, -0.15) is 0 Å². The average Bonchev–Trinajstić information content (AvgIpc) is 3.46. The third-order valence-electron chi connectivity index (χ3n) is 17.4. The summed E-state index contributed by atoms with van der Waals surface area (Å²) in [6.45, 7) is 1.83. The summed E-state index contributed by atoms with van der Waals surface area (Å²) in [5.74, 6) is -0.237. The van der Waals surface area contributed by atoms with E-state index < -0.39 is 124 Å². The molecule has 0 spiro atoms. The Kier molecular flexibility index (Phi) is 43.7. The Morgan fingerprint density at radius 3 is 1.05 bits per heavy atom. The van der Waals surface area contributed by atoms with Crippen LogP contribution in [0.5, 0.6) is 0 Å². The standard InChI is InChI=1S/C64H123NO18/c1-3-5-7-9-11-13-15-17-19-20-21-22-23-24-25-26-27-28-30-32-34-36-38-40-42-52(70)65-47(48(69)41-39-37-35-33-31-29-18-16-14-12-10-8-6-4-2)46-78-62-58(76)55(73)60(50(44-67)80-62)83-64-59(77)56(74)61(51(45-68)81-64)82-63-57(75)54(72)53(71)49(43-66)79-63/h47-51,53-64,66-69,71-77H,3-46H2,1-2H3,(H,65,70). The number of carbonyl (C=O) groups excluding carboxylic acids is 1. The van der Waals surface area contributed by atoms with Gasteiger partial charge in [-0.25, -0.2) is 0 Å². The van der Waals surface area contributed by atoms with Gasteiger partial charge in [0.25, 0.3) is 0 Å². The zero-order valence-electron chi connectivity index (χ0n) is 51.7. The Hall–Kier alpha value is -1.21. The minimum atomic E-state index is -1.97. The Balaban J connectivity index is 1.42. The van der Waals surface area contributed by atoms with Crippen molar-refractivity contribution in [3.05, 3.63) is 0 Å². The van der Waals surface area contributed by atoms with Crippen molar-refractivity contribution in [3.8, 4) is 0 Å². The van der Waals surface area contributed by atoms with Crippen LogP contribution in [0.15, 0.2) is 0 Å². The summed E-state index contributed by atoms with van der Waals surface area (Å²) in [6, 6.07) is -0.880. The van der Waals surface area contributed by atoms with E-state index in [-0.39, 0.29) is 18.9 Å². The maximum absolute atomic E-state index is 13.4. The van der Waals surface area contributed by atoms with E-state index in [9.17, 15) is 61.0 Å². The summed E-state index contributed by atoms with van der Waals surface area (Å²) in [7, 11) is 0. The summed E-state index contributed by atoms with van der Waals surface area (Å²) in [4.78, 5) is 13.4. The lowest BCUT2D eigenvalue weighted by molar-refractivity contribution is -0.379. The zero-order chi connectivity index (χ0) is 60.5. The first-order valence-corrected chi connectivity index (χ1v) is 33.8. The third kappa shape index (κ3) is 30.7. The number of aliphatic hydroxyl groups is 11. The number of carbonyl (C=O) groups is 1. The van der Waals surface area contributed by atoms with Crippen LogP contribution < -0.4 is 5.32 Å². The zero-order valence-corrected chi connectivity index (χ0v) is 51.7. The summed E-state index contributed by atoms with van der Waals surface area (Å²) in [5, 5.41) is 120. The van der Waals surface area contributed by atoms with Crippen molar-refractivity contribution in [3.63, 3.8) is 0 Å². The van der Waals surface area contributed by atoms with E-state index in [0.29, 0.717) is 12.8 Å². The molecule has 3 rings (SSSR count). The van der Waals surface area contributed by atoms with E-state index in [4.69, 9.17) is 28.4 Å². The molecule has 0 aromatic carbocycles. The second-order valence-corrected chi connectivity index (χ2v) is 24.7. The van der Waals surface area contributed by atoms with Crippen molar-refractivity contribution in [2.75, 3.05) is 26.4 Å². The molecule has 0 saturated carbocycles. The molecule has 0 aromatic heterocycles. The Morgan fingerprint density at radius 1 is 0.386 bits per heavy atom. The minimum Gasteiger partial charge on any atom is -0.394 e. The van der Waals surface area contributed by atoms with Gasteiger partial charge in [-0.05, 0) is 12.8 Å². The molecule has 3 heterocycles. The van der Waals surface area contributed by atoms with Crippen LogP contribution in [0.3, 0.4) is 0 Å². The van der Waals surface area contributed by atoms with Gasteiger partial charge in [-0.15, -0.1) is 0 Å². The van der Waals surface area contributed by atoms with Gasteiger partial charge in [-0.1, -0.05) is 251 Å². The molecule has 0 bridgehead atoms. The first-order chi connectivity index (χ1) is 40.3. The van der Waals surface area contributed by atoms with E-state index in [1.54, 1.807) is 0 Å². The second kappa shape index (κ2) is 47.7. The highest BCUT2D eigenvalue weighted by molar-refractivity contribution is 5.76. The van der Waals surface area contributed by atoms with Crippen molar-refractivity contribution in [1.82, 2.24) is 5.32 Å². The molecular formula is C64H123NO18. The van der Waals surface area contributed by atoms with Crippen LogP contribution in [-0.4, -0.2) is 193 Å². The quantitative estimate of drug-likeness (QED) is 0.0257. The lowest BCUT2D eigenvalue weighted by Gasteiger charge is -2.48. The van der Waals surface area contributed by atoms with Gasteiger partial charge >= 0.3 is 0 Å². The summed E-state index contributed by atoms with van der Waals surface area (Å²) in [5.41, 5.74) is 0. The van der Waals surface area contributed by atoms with Crippen LogP contribution in [0.25, 0.3) is 0 Å². The number of unbranched alkanes of at least 4 members (excludes halogenated alkanes) is 36. The van der Waals surface area contributed by atoms with Crippen molar-refractivity contribution in [2.45, 2.75) is 375 Å². The normalized spacial score (nSPS) is 29.3. The molecule has 17 atom stereocenters. The van der Waals surface area contributed by atoms with Crippen molar-refractivity contribution >= 4 is 5.91 Å². The first kappa shape index (κ1) is 76.0. The molecule has 19 heteroatoms. The molecular weight excluding hydrogens is 1070 g/mol. The van der Waals surface area contributed by atoms with E-state index in [2.05, 4.69) is 19.2 Å². The predicted molar refractivity (Wildman–Crippen MR) is 319 cm³/mol. The molecule has 83 heavy (non-hydrogen) atoms. The molecule has 3 aliphatic heterocycles. The molecule has 0 aliphatic carbocycles. The van der Waals surface area contributed by atoms with Gasteiger partial charge in [0.05, 0.1) is 38.6 Å². The fourth-order valence-corrected chi connectivity index (χ4v) is 11.9. The topological polar surface area (TPSA) is 307 Å². The van der Waals surface area contributed by atoms with E-state index in [1.807, 2.05) is 0 Å². The van der Waals surface area contributed by atoms with Gasteiger partial charge in [-0.3, -0.25) is 4.79 Å². The summed E-state index contributed by atoms with van der Waals surface area (Å²) < 4.78 is 34.4. The van der Waals surface area contributed by atoms with E-state index >= 15 is 0 Å². The maximum Gasteiger partial charge on any atom is 0.220 e. The third-order valence-corrected chi connectivity index (χ3v) is 17.4. The SMILES string of the molecule is CCCCCCCCCCCCCCCCCCCCCCCCCCC(=O)NC(COC1OC(CO)C(OC2OC(CO)C(OC3OC(CO)C(O)C(O)C3O)C(O)C2O)C(O)C1O)C(O)CCCCCCCCCCCCCCCC. The molecule has 19 nitrogen and oxygen atoms in total. The number of rotatable bonds is 52. The minimum absolute atomic E-state index is 0.237. The summed E-state index contributed by atoms with van der Waals surface area (Å²) in [6.07, 6.45) is 21.9. The largest absolute Gasteiger partial charge is 0.394 e. The average molecular weight is 1190 g/mol. The lowest BCUT2D eigenvalue weighted by Crippen LogP contribution is -2.66. The Labute approximate surface area is 500 Å². The maximum atomic E-state index is 13.4. The fraction of sp³-hybridized carbons (Fsp3) is 0.984. The molecule has 0 radical (unpaired) electrons. The second-order valence-electron chi connectivity index (χ2n) is 24.7. The van der Waals surface area contributed by atoms with E-state index in [0.717, 1.165) is 44.9 Å². The van der Waals surface area contributed by atoms with Crippen LogP contribution in [0.2, 0.25) is 0 Å². The molecule has 17 unspecified atom stereocenters. The number of aliphatic hydroxyl groups excluding tert-OH is 11. The fourth-order valence-electron chi connectivity index (χ4n) is 11.9.